The molecule has 0 aliphatic rings. The highest BCUT2D eigenvalue weighted by molar-refractivity contribution is 7.16. The van der Waals surface area contributed by atoms with Crippen LogP contribution in [0.4, 0.5) is 0 Å². The highest BCUT2D eigenvalue weighted by atomic mass is 32.1. The standard InChI is InChI=1S/C9H9N3O2S/c1-5-3-15-8-7(5)9(14)12(4-11-8)2-6(10)13/h3-4H,2H2,1H3,(H2,10,13). The van der Waals surface area contributed by atoms with Gasteiger partial charge in [0.2, 0.25) is 5.91 Å². The van der Waals surface area contributed by atoms with Gasteiger partial charge in [0.15, 0.2) is 0 Å². The van der Waals surface area contributed by atoms with Gasteiger partial charge in [-0.3, -0.25) is 14.2 Å². The van der Waals surface area contributed by atoms with Gasteiger partial charge in [-0.1, -0.05) is 0 Å². The lowest BCUT2D eigenvalue weighted by Gasteiger charge is -2.01. The Morgan fingerprint density at radius 3 is 3.07 bits per heavy atom. The van der Waals surface area contributed by atoms with E-state index in [1.165, 1.54) is 22.2 Å². The van der Waals surface area contributed by atoms with Crippen molar-refractivity contribution in [1.82, 2.24) is 9.55 Å². The van der Waals surface area contributed by atoms with E-state index in [0.29, 0.717) is 10.2 Å². The van der Waals surface area contributed by atoms with Crippen LogP contribution >= 0.6 is 11.3 Å². The van der Waals surface area contributed by atoms with Crippen LogP contribution in [0.5, 0.6) is 0 Å². The first-order valence-corrected chi connectivity index (χ1v) is 5.19. The summed E-state index contributed by atoms with van der Waals surface area (Å²) < 4.78 is 1.23. The van der Waals surface area contributed by atoms with Crippen molar-refractivity contribution < 1.29 is 4.79 Å². The van der Waals surface area contributed by atoms with E-state index in [1.807, 2.05) is 12.3 Å². The fourth-order valence-corrected chi connectivity index (χ4v) is 2.26. The van der Waals surface area contributed by atoms with Crippen molar-refractivity contribution in [2.75, 3.05) is 0 Å². The number of thiophene rings is 1. The van der Waals surface area contributed by atoms with E-state index in [2.05, 4.69) is 4.98 Å². The fraction of sp³-hybridized carbons (Fsp3) is 0.222. The summed E-state index contributed by atoms with van der Waals surface area (Å²) in [4.78, 5) is 27.4. The van der Waals surface area contributed by atoms with Crippen LogP contribution in [0.2, 0.25) is 0 Å². The maximum Gasteiger partial charge on any atom is 0.262 e. The van der Waals surface area contributed by atoms with Crippen LogP contribution in [-0.4, -0.2) is 15.5 Å². The predicted molar refractivity (Wildman–Crippen MR) is 57.8 cm³/mol. The Labute approximate surface area is 89.2 Å². The molecule has 0 aromatic carbocycles. The molecule has 1 amide bonds. The number of hydrogen-bond acceptors (Lipinski definition) is 4. The zero-order chi connectivity index (χ0) is 11.0. The summed E-state index contributed by atoms with van der Waals surface area (Å²) in [6.45, 7) is 1.72. The van der Waals surface area contributed by atoms with Crippen LogP contribution in [0.15, 0.2) is 16.5 Å². The van der Waals surface area contributed by atoms with E-state index < -0.39 is 5.91 Å². The summed E-state index contributed by atoms with van der Waals surface area (Å²) in [6, 6.07) is 0. The highest BCUT2D eigenvalue weighted by Gasteiger charge is 2.09. The molecule has 0 fully saturated rings. The van der Waals surface area contributed by atoms with E-state index in [9.17, 15) is 9.59 Å². The molecule has 0 bridgehead atoms. The molecule has 2 rings (SSSR count). The Bertz CT molecular complexity index is 585. The number of aromatic nitrogens is 2. The first-order chi connectivity index (χ1) is 7.09. The summed E-state index contributed by atoms with van der Waals surface area (Å²) in [5.41, 5.74) is 5.70. The average Bonchev–Trinajstić information content (AvgIpc) is 2.53. The first-order valence-electron chi connectivity index (χ1n) is 4.31. The fourth-order valence-electron chi connectivity index (χ4n) is 1.38. The number of aryl methyl sites for hydroxylation is 1. The summed E-state index contributed by atoms with van der Waals surface area (Å²) in [7, 11) is 0. The minimum Gasteiger partial charge on any atom is -0.368 e. The molecular formula is C9H9N3O2S. The number of hydrogen-bond donors (Lipinski definition) is 1. The number of amides is 1. The molecule has 0 saturated carbocycles. The lowest BCUT2D eigenvalue weighted by atomic mass is 10.3. The predicted octanol–water partition coefficient (Wildman–Crippen LogP) is 0.252. The van der Waals surface area contributed by atoms with Crippen molar-refractivity contribution in [3.8, 4) is 0 Å². The summed E-state index contributed by atoms with van der Waals surface area (Å²) in [5.74, 6) is -0.550. The second-order valence-electron chi connectivity index (χ2n) is 3.24. The number of rotatable bonds is 2. The maximum atomic E-state index is 11.9. The molecule has 2 aromatic heterocycles. The lowest BCUT2D eigenvalue weighted by molar-refractivity contribution is -0.118. The summed E-state index contributed by atoms with van der Waals surface area (Å²) in [5, 5.41) is 2.44. The zero-order valence-corrected chi connectivity index (χ0v) is 8.87. The van der Waals surface area contributed by atoms with Crippen LogP contribution in [0.1, 0.15) is 5.56 Å². The Morgan fingerprint density at radius 1 is 1.67 bits per heavy atom. The number of carbonyl (C=O) groups is 1. The second kappa shape index (κ2) is 3.47. The molecule has 2 N–H and O–H groups in total. The van der Waals surface area contributed by atoms with Crippen LogP contribution in [0.25, 0.3) is 10.2 Å². The van der Waals surface area contributed by atoms with E-state index in [1.54, 1.807) is 0 Å². The van der Waals surface area contributed by atoms with Gasteiger partial charge in [-0.05, 0) is 17.9 Å². The van der Waals surface area contributed by atoms with Crippen LogP contribution < -0.4 is 11.3 Å². The van der Waals surface area contributed by atoms with Crippen LogP contribution in [0.3, 0.4) is 0 Å². The number of nitrogens with zero attached hydrogens (tertiary/aromatic N) is 2. The molecule has 0 aliphatic heterocycles. The number of primary amides is 1. The van der Waals surface area contributed by atoms with Crippen molar-refractivity contribution in [1.29, 1.82) is 0 Å². The van der Waals surface area contributed by atoms with Gasteiger partial charge >= 0.3 is 0 Å². The third kappa shape index (κ3) is 1.63. The van der Waals surface area contributed by atoms with E-state index in [-0.39, 0.29) is 12.1 Å². The van der Waals surface area contributed by atoms with Crippen LogP contribution in [-0.2, 0) is 11.3 Å². The Balaban J connectivity index is 2.69. The molecule has 0 saturated heterocycles. The van der Waals surface area contributed by atoms with Gasteiger partial charge < -0.3 is 5.73 Å². The molecule has 0 spiro atoms. The first kappa shape index (κ1) is 9.85. The lowest BCUT2D eigenvalue weighted by Crippen LogP contribution is -2.28. The molecule has 0 atom stereocenters. The molecule has 0 radical (unpaired) electrons. The van der Waals surface area contributed by atoms with E-state index in [4.69, 9.17) is 5.73 Å². The number of fused-ring (bicyclic) bond motifs is 1. The smallest absolute Gasteiger partial charge is 0.262 e. The van der Waals surface area contributed by atoms with Gasteiger partial charge in [-0.2, -0.15) is 0 Å². The van der Waals surface area contributed by atoms with Crippen molar-refractivity contribution >= 4 is 27.5 Å². The Kier molecular flexibility index (Phi) is 2.28. The number of nitrogens with two attached hydrogens (primary N) is 1. The Hall–Kier alpha value is -1.69. The quantitative estimate of drug-likeness (QED) is 0.792. The monoisotopic (exact) mass is 223 g/mol. The van der Waals surface area contributed by atoms with Crippen molar-refractivity contribution in [2.45, 2.75) is 13.5 Å². The van der Waals surface area contributed by atoms with Gasteiger partial charge in [0.05, 0.1) is 11.7 Å². The zero-order valence-electron chi connectivity index (χ0n) is 8.06. The minimum atomic E-state index is -0.550. The van der Waals surface area contributed by atoms with Gasteiger partial charge in [0.1, 0.15) is 11.4 Å². The molecule has 15 heavy (non-hydrogen) atoms. The normalized spacial score (nSPS) is 10.7. The van der Waals surface area contributed by atoms with Gasteiger partial charge in [-0.15, -0.1) is 11.3 Å². The molecule has 78 valence electrons. The van der Waals surface area contributed by atoms with Crippen molar-refractivity contribution in [3.05, 3.63) is 27.6 Å². The van der Waals surface area contributed by atoms with E-state index >= 15 is 0 Å². The molecule has 5 nitrogen and oxygen atoms in total. The van der Waals surface area contributed by atoms with E-state index in [0.717, 1.165) is 5.56 Å². The Morgan fingerprint density at radius 2 is 2.40 bits per heavy atom. The van der Waals surface area contributed by atoms with Crippen LogP contribution in [0, 0.1) is 6.92 Å². The van der Waals surface area contributed by atoms with Crippen molar-refractivity contribution in [2.24, 2.45) is 5.73 Å². The molecule has 2 heterocycles. The third-order valence-electron chi connectivity index (χ3n) is 2.07. The number of carbonyl (C=O) groups excluding carboxylic acids is 1. The van der Waals surface area contributed by atoms with Gasteiger partial charge in [0.25, 0.3) is 5.56 Å². The van der Waals surface area contributed by atoms with Gasteiger partial charge in [0, 0.05) is 0 Å². The molecular weight excluding hydrogens is 214 g/mol. The largest absolute Gasteiger partial charge is 0.368 e. The second-order valence-corrected chi connectivity index (χ2v) is 4.10. The van der Waals surface area contributed by atoms with Gasteiger partial charge in [-0.25, -0.2) is 4.98 Å². The molecule has 0 unspecified atom stereocenters. The molecule has 2 aromatic rings. The summed E-state index contributed by atoms with van der Waals surface area (Å²) in [6.07, 6.45) is 1.35. The maximum absolute atomic E-state index is 11.9. The molecule has 6 heteroatoms. The topological polar surface area (TPSA) is 78.0 Å². The van der Waals surface area contributed by atoms with Crippen molar-refractivity contribution in [3.63, 3.8) is 0 Å². The summed E-state index contributed by atoms with van der Waals surface area (Å²) >= 11 is 1.42. The highest BCUT2D eigenvalue weighted by Crippen LogP contribution is 2.19. The third-order valence-corrected chi connectivity index (χ3v) is 3.08. The minimum absolute atomic E-state index is 0.128. The molecule has 0 aliphatic carbocycles. The SMILES string of the molecule is Cc1csc2ncn(CC(N)=O)c(=O)c12. The average molecular weight is 223 g/mol.